The van der Waals surface area contributed by atoms with Gasteiger partial charge >= 0.3 is 0 Å². The lowest BCUT2D eigenvalue weighted by atomic mass is 10.1. The fraction of sp³-hybridized carbons (Fsp3) is 0.273. The van der Waals surface area contributed by atoms with Crippen LogP contribution in [0, 0.1) is 0 Å². The van der Waals surface area contributed by atoms with Crippen LogP contribution in [0.15, 0.2) is 30.3 Å². The van der Waals surface area contributed by atoms with E-state index in [1.165, 1.54) is 0 Å². The van der Waals surface area contributed by atoms with Crippen LogP contribution in [0.5, 0.6) is 0 Å². The van der Waals surface area contributed by atoms with Gasteiger partial charge in [0.05, 0.1) is 0 Å². The van der Waals surface area contributed by atoms with Crippen molar-refractivity contribution in [3.8, 4) is 0 Å². The fourth-order valence-electron chi connectivity index (χ4n) is 1.02. The summed E-state index contributed by atoms with van der Waals surface area (Å²) >= 11 is 5.72. The molecule has 1 N–H and O–H groups in total. The second-order valence-electron chi connectivity index (χ2n) is 2.88. The third-order valence-electron chi connectivity index (χ3n) is 1.77. The predicted octanol–water partition coefficient (Wildman–Crippen LogP) is 4.04. The van der Waals surface area contributed by atoms with E-state index in [0.29, 0.717) is 10.8 Å². The molecule has 0 spiro atoms. The molecule has 0 aliphatic carbocycles. The van der Waals surface area contributed by atoms with Crippen molar-refractivity contribution in [1.29, 1.82) is 0 Å². The molecule has 1 aromatic carbocycles. The Labute approximate surface area is 83.7 Å². The van der Waals surface area contributed by atoms with Gasteiger partial charge in [0.25, 0.3) is 0 Å². The summed E-state index contributed by atoms with van der Waals surface area (Å²) in [7, 11) is 0. The van der Waals surface area contributed by atoms with Crippen molar-refractivity contribution in [2.75, 3.05) is 0 Å². The zero-order valence-electron chi connectivity index (χ0n) is 7.63. The van der Waals surface area contributed by atoms with Crippen LogP contribution in [0.3, 0.4) is 0 Å². The molecule has 1 aromatic rings. The molecule has 1 rings (SSSR count). The lowest BCUT2D eigenvalue weighted by molar-refractivity contribution is 0.509. The maximum absolute atomic E-state index is 9.56. The van der Waals surface area contributed by atoms with Crippen LogP contribution in [0.2, 0.25) is 5.02 Å². The first kappa shape index (κ1) is 10.1. The van der Waals surface area contributed by atoms with Gasteiger partial charge in [0, 0.05) is 10.6 Å². The standard InChI is InChI=1S/C11H13ClO/c1-2-3-4-11(13)9-5-7-10(12)8-6-9/h4-8,13H,2-3H2,1H3. The first-order valence-corrected chi connectivity index (χ1v) is 4.77. The smallest absolute Gasteiger partial charge is 0.118 e. The van der Waals surface area contributed by atoms with Gasteiger partial charge in [0.1, 0.15) is 5.76 Å². The number of aliphatic hydroxyl groups is 1. The van der Waals surface area contributed by atoms with Crippen molar-refractivity contribution >= 4 is 17.4 Å². The van der Waals surface area contributed by atoms with Gasteiger partial charge in [-0.05, 0) is 36.8 Å². The Bertz CT molecular complexity index is 287. The highest BCUT2D eigenvalue weighted by Gasteiger charge is 1.96. The minimum Gasteiger partial charge on any atom is -0.508 e. The molecule has 0 heterocycles. The molecule has 70 valence electrons. The Morgan fingerprint density at radius 2 is 2.00 bits per heavy atom. The van der Waals surface area contributed by atoms with E-state index in [1.807, 2.05) is 18.2 Å². The highest BCUT2D eigenvalue weighted by Crippen LogP contribution is 2.15. The molecule has 0 aliphatic heterocycles. The summed E-state index contributed by atoms with van der Waals surface area (Å²) < 4.78 is 0. The summed E-state index contributed by atoms with van der Waals surface area (Å²) in [5.74, 6) is 0.332. The van der Waals surface area contributed by atoms with Gasteiger partial charge < -0.3 is 5.11 Å². The van der Waals surface area contributed by atoms with E-state index in [9.17, 15) is 5.11 Å². The number of halogens is 1. The molecule has 0 bridgehead atoms. The summed E-state index contributed by atoms with van der Waals surface area (Å²) in [6, 6.07) is 7.16. The number of rotatable bonds is 3. The first-order chi connectivity index (χ1) is 6.24. The third kappa shape index (κ3) is 3.11. The number of hydrogen-bond donors (Lipinski definition) is 1. The Morgan fingerprint density at radius 3 is 2.54 bits per heavy atom. The van der Waals surface area contributed by atoms with E-state index >= 15 is 0 Å². The summed E-state index contributed by atoms with van der Waals surface area (Å²) in [4.78, 5) is 0. The molecule has 0 fully saturated rings. The fourth-order valence-corrected chi connectivity index (χ4v) is 1.15. The van der Waals surface area contributed by atoms with Gasteiger partial charge in [-0.15, -0.1) is 0 Å². The monoisotopic (exact) mass is 196 g/mol. The molecule has 0 saturated heterocycles. The average Bonchev–Trinajstić information content (AvgIpc) is 2.15. The highest BCUT2D eigenvalue weighted by molar-refractivity contribution is 6.30. The number of allylic oxidation sites excluding steroid dienone is 1. The average molecular weight is 197 g/mol. The van der Waals surface area contributed by atoms with Gasteiger partial charge in [-0.3, -0.25) is 0 Å². The lowest BCUT2D eigenvalue weighted by Gasteiger charge is -1.99. The molecule has 1 nitrogen and oxygen atoms in total. The third-order valence-corrected chi connectivity index (χ3v) is 2.02. The second kappa shape index (κ2) is 4.93. The Balaban J connectivity index is 2.77. The number of benzene rings is 1. The van der Waals surface area contributed by atoms with Crippen molar-refractivity contribution in [2.24, 2.45) is 0 Å². The maximum Gasteiger partial charge on any atom is 0.118 e. The molecule has 0 radical (unpaired) electrons. The van der Waals surface area contributed by atoms with Gasteiger partial charge in [-0.2, -0.15) is 0 Å². The molecule has 0 saturated carbocycles. The molecule has 13 heavy (non-hydrogen) atoms. The second-order valence-corrected chi connectivity index (χ2v) is 3.32. The Hall–Kier alpha value is -0.950. The molecule has 0 unspecified atom stereocenters. The predicted molar refractivity (Wildman–Crippen MR) is 57.0 cm³/mol. The SMILES string of the molecule is CCCC=C(O)c1ccc(Cl)cc1. The largest absolute Gasteiger partial charge is 0.508 e. The van der Waals surface area contributed by atoms with Crippen molar-refractivity contribution in [3.05, 3.63) is 40.9 Å². The molecule has 2 heteroatoms. The van der Waals surface area contributed by atoms with Crippen molar-refractivity contribution in [1.82, 2.24) is 0 Å². The van der Waals surface area contributed by atoms with Crippen molar-refractivity contribution in [2.45, 2.75) is 19.8 Å². The van der Waals surface area contributed by atoms with E-state index < -0.39 is 0 Å². The van der Waals surface area contributed by atoms with Crippen molar-refractivity contribution in [3.63, 3.8) is 0 Å². The van der Waals surface area contributed by atoms with Crippen molar-refractivity contribution < 1.29 is 5.11 Å². The first-order valence-electron chi connectivity index (χ1n) is 4.39. The number of hydrogen-bond acceptors (Lipinski definition) is 1. The van der Waals surface area contributed by atoms with Crippen LogP contribution in [0.25, 0.3) is 5.76 Å². The zero-order valence-corrected chi connectivity index (χ0v) is 8.38. The molecule has 0 aliphatic rings. The van der Waals surface area contributed by atoms with E-state index in [2.05, 4.69) is 6.92 Å². The zero-order chi connectivity index (χ0) is 9.68. The molecular formula is C11H13ClO. The quantitative estimate of drug-likeness (QED) is 0.724. The van der Waals surface area contributed by atoms with Gasteiger partial charge in [-0.1, -0.05) is 24.9 Å². The van der Waals surface area contributed by atoms with Gasteiger partial charge in [0.2, 0.25) is 0 Å². The van der Waals surface area contributed by atoms with Crippen LogP contribution in [-0.2, 0) is 0 Å². The Morgan fingerprint density at radius 1 is 1.38 bits per heavy atom. The minimum absolute atomic E-state index is 0.332. The van der Waals surface area contributed by atoms with E-state index in [4.69, 9.17) is 11.6 Å². The summed E-state index contributed by atoms with van der Waals surface area (Å²) in [6.45, 7) is 2.08. The van der Waals surface area contributed by atoms with Crippen LogP contribution in [-0.4, -0.2) is 5.11 Å². The maximum atomic E-state index is 9.56. The van der Waals surface area contributed by atoms with E-state index in [0.717, 1.165) is 18.4 Å². The lowest BCUT2D eigenvalue weighted by Crippen LogP contribution is -1.81. The number of aliphatic hydroxyl groups excluding tert-OH is 1. The Kier molecular flexibility index (Phi) is 3.84. The van der Waals surface area contributed by atoms with Crippen LogP contribution in [0.4, 0.5) is 0 Å². The normalized spacial score (nSPS) is 11.7. The van der Waals surface area contributed by atoms with E-state index in [1.54, 1.807) is 12.1 Å². The molecule has 0 amide bonds. The minimum atomic E-state index is 0.332. The van der Waals surface area contributed by atoms with Crippen LogP contribution in [0.1, 0.15) is 25.3 Å². The number of unbranched alkanes of at least 4 members (excludes halogenated alkanes) is 1. The molecule has 0 aromatic heterocycles. The molecule has 0 atom stereocenters. The molecular weight excluding hydrogens is 184 g/mol. The van der Waals surface area contributed by atoms with Crippen LogP contribution >= 0.6 is 11.6 Å². The summed E-state index contributed by atoms with van der Waals surface area (Å²) in [5.41, 5.74) is 0.817. The summed E-state index contributed by atoms with van der Waals surface area (Å²) in [5, 5.41) is 10.2. The van der Waals surface area contributed by atoms with Crippen LogP contribution < -0.4 is 0 Å². The topological polar surface area (TPSA) is 20.2 Å². The summed E-state index contributed by atoms with van der Waals surface area (Å²) in [6.07, 6.45) is 3.76. The van der Waals surface area contributed by atoms with Gasteiger partial charge in [-0.25, -0.2) is 0 Å². The van der Waals surface area contributed by atoms with Gasteiger partial charge in [0.15, 0.2) is 0 Å². The highest BCUT2D eigenvalue weighted by atomic mass is 35.5. The van der Waals surface area contributed by atoms with E-state index in [-0.39, 0.29) is 0 Å².